The standard InChI is InChI=1S/C6H8N2O3.Na.H/c1-3(9)4-2-5(6(10)11)8-7-4;;/h2-3,9H,1H3,(H,7,8)(H,10,11);;/q;+1;-1. The van der Waals surface area contributed by atoms with E-state index in [0.29, 0.717) is 5.69 Å². The van der Waals surface area contributed by atoms with Crippen LogP contribution in [0.1, 0.15) is 30.6 Å². The zero-order valence-corrected chi connectivity index (χ0v) is 8.90. The summed E-state index contributed by atoms with van der Waals surface area (Å²) in [6.07, 6.45) is -0.712. The number of hydrogen-bond acceptors (Lipinski definition) is 3. The molecule has 0 aromatic carbocycles. The third-order valence-electron chi connectivity index (χ3n) is 1.27. The predicted octanol–water partition coefficient (Wildman–Crippen LogP) is -2.72. The van der Waals surface area contributed by atoms with Gasteiger partial charge < -0.3 is 11.6 Å². The molecule has 6 heteroatoms. The molecule has 0 saturated heterocycles. The van der Waals surface area contributed by atoms with Gasteiger partial charge in [-0.1, -0.05) is 0 Å². The minimum Gasteiger partial charge on any atom is -1.00 e. The van der Waals surface area contributed by atoms with E-state index in [4.69, 9.17) is 10.2 Å². The molecule has 0 aliphatic heterocycles. The van der Waals surface area contributed by atoms with Gasteiger partial charge >= 0.3 is 35.5 Å². The minimum absolute atomic E-state index is 0. The molecule has 5 nitrogen and oxygen atoms in total. The molecule has 0 aliphatic carbocycles. The second-order valence-corrected chi connectivity index (χ2v) is 2.19. The van der Waals surface area contributed by atoms with Crippen molar-refractivity contribution in [2.75, 3.05) is 0 Å². The number of carbonyl (C=O) groups is 1. The fraction of sp³-hybridized carbons (Fsp3) is 0.333. The number of aromatic amines is 1. The van der Waals surface area contributed by atoms with Crippen LogP contribution in [0.5, 0.6) is 0 Å². The number of nitrogens with zero attached hydrogens (tertiary/aromatic N) is 1. The number of H-pyrrole nitrogens is 1. The first-order valence-corrected chi connectivity index (χ1v) is 3.08. The number of hydrogen-bond donors (Lipinski definition) is 3. The fourth-order valence-electron chi connectivity index (χ4n) is 0.660. The Labute approximate surface area is 92.6 Å². The summed E-state index contributed by atoms with van der Waals surface area (Å²) < 4.78 is 0. The molecule has 0 saturated carbocycles. The Morgan fingerprint density at radius 2 is 2.42 bits per heavy atom. The molecular weight excluding hydrogens is 171 g/mol. The van der Waals surface area contributed by atoms with Crippen LogP contribution in [0.25, 0.3) is 0 Å². The van der Waals surface area contributed by atoms with Crippen LogP contribution >= 0.6 is 0 Å². The van der Waals surface area contributed by atoms with Gasteiger partial charge in [0.2, 0.25) is 0 Å². The second-order valence-electron chi connectivity index (χ2n) is 2.19. The van der Waals surface area contributed by atoms with Crippen molar-refractivity contribution in [3.8, 4) is 0 Å². The average Bonchev–Trinajstić information content (AvgIpc) is 2.33. The Morgan fingerprint density at radius 1 is 1.83 bits per heavy atom. The van der Waals surface area contributed by atoms with E-state index < -0.39 is 12.1 Å². The van der Waals surface area contributed by atoms with Gasteiger partial charge in [-0.25, -0.2) is 4.79 Å². The molecule has 0 amide bonds. The van der Waals surface area contributed by atoms with Gasteiger partial charge in [0.05, 0.1) is 11.8 Å². The molecule has 1 atom stereocenters. The Balaban J connectivity index is 0. The number of nitrogens with one attached hydrogen (secondary N) is 1. The van der Waals surface area contributed by atoms with Crippen molar-refractivity contribution in [1.29, 1.82) is 0 Å². The molecular formula is C6H9N2NaO3. The van der Waals surface area contributed by atoms with Gasteiger partial charge in [-0.3, -0.25) is 5.10 Å². The summed E-state index contributed by atoms with van der Waals surface area (Å²) in [6.45, 7) is 1.53. The van der Waals surface area contributed by atoms with Crippen molar-refractivity contribution in [3.63, 3.8) is 0 Å². The first kappa shape index (κ1) is 11.6. The van der Waals surface area contributed by atoms with Crippen LogP contribution in [0, 0.1) is 0 Å². The first-order valence-electron chi connectivity index (χ1n) is 3.08. The number of aliphatic hydroxyl groups excluding tert-OH is 1. The molecule has 3 N–H and O–H groups in total. The Hall–Kier alpha value is -0.360. The van der Waals surface area contributed by atoms with Gasteiger partial charge in [-0.05, 0) is 13.0 Å². The largest absolute Gasteiger partial charge is 1.00 e. The van der Waals surface area contributed by atoms with Gasteiger partial charge in [0.25, 0.3) is 0 Å². The van der Waals surface area contributed by atoms with Crippen molar-refractivity contribution in [2.24, 2.45) is 0 Å². The summed E-state index contributed by atoms with van der Waals surface area (Å²) >= 11 is 0. The SMILES string of the molecule is CC(O)c1cc(C(=O)O)n[nH]1.[H-].[Na+]. The van der Waals surface area contributed by atoms with Crippen molar-refractivity contribution in [3.05, 3.63) is 17.5 Å². The molecule has 0 radical (unpaired) electrons. The van der Waals surface area contributed by atoms with E-state index in [1.165, 1.54) is 13.0 Å². The number of aliphatic hydroxyl groups is 1. The van der Waals surface area contributed by atoms with Crippen LogP contribution in [-0.2, 0) is 0 Å². The first-order chi connectivity index (χ1) is 5.11. The van der Waals surface area contributed by atoms with Crippen molar-refractivity contribution < 1.29 is 46.0 Å². The maximum Gasteiger partial charge on any atom is 1.00 e. The number of carboxylic acids is 1. The maximum atomic E-state index is 10.3. The van der Waals surface area contributed by atoms with E-state index in [9.17, 15) is 4.79 Å². The van der Waals surface area contributed by atoms with Crippen LogP contribution < -0.4 is 29.6 Å². The molecule has 1 heterocycles. The van der Waals surface area contributed by atoms with E-state index in [-0.39, 0.29) is 36.7 Å². The molecule has 1 aromatic rings. The summed E-state index contributed by atoms with van der Waals surface area (Å²) in [6, 6.07) is 1.30. The van der Waals surface area contributed by atoms with Gasteiger partial charge in [0.1, 0.15) is 0 Å². The summed E-state index contributed by atoms with van der Waals surface area (Å²) in [7, 11) is 0. The Bertz CT molecular complexity index is 277. The predicted molar refractivity (Wildman–Crippen MR) is 37.3 cm³/mol. The Kier molecular flexibility index (Phi) is 4.47. The van der Waals surface area contributed by atoms with Gasteiger partial charge in [-0.15, -0.1) is 0 Å². The quantitative estimate of drug-likeness (QED) is 0.431. The maximum absolute atomic E-state index is 10.3. The number of rotatable bonds is 2. The topological polar surface area (TPSA) is 86.2 Å². The number of aromatic carboxylic acids is 1. The van der Waals surface area contributed by atoms with E-state index in [0.717, 1.165) is 0 Å². The zero-order chi connectivity index (χ0) is 8.43. The van der Waals surface area contributed by atoms with E-state index in [2.05, 4.69) is 10.2 Å². The van der Waals surface area contributed by atoms with E-state index >= 15 is 0 Å². The molecule has 1 unspecified atom stereocenters. The molecule has 0 spiro atoms. The summed E-state index contributed by atoms with van der Waals surface area (Å²) in [5.41, 5.74) is 0.323. The zero-order valence-electron chi connectivity index (χ0n) is 7.90. The van der Waals surface area contributed by atoms with Crippen molar-refractivity contribution in [1.82, 2.24) is 10.2 Å². The van der Waals surface area contributed by atoms with Crippen molar-refractivity contribution >= 4 is 5.97 Å². The molecule has 1 rings (SSSR count). The minimum atomic E-state index is -1.10. The molecule has 1 aromatic heterocycles. The molecule has 0 bridgehead atoms. The molecule has 62 valence electrons. The average molecular weight is 180 g/mol. The second kappa shape index (κ2) is 4.61. The van der Waals surface area contributed by atoms with Gasteiger partial charge in [0.15, 0.2) is 5.69 Å². The fourth-order valence-corrected chi connectivity index (χ4v) is 0.660. The van der Waals surface area contributed by atoms with Gasteiger partial charge in [-0.2, -0.15) is 5.10 Å². The Morgan fingerprint density at radius 3 is 2.67 bits per heavy atom. The molecule has 0 fully saturated rings. The van der Waals surface area contributed by atoms with Crippen LogP contribution in [0.15, 0.2) is 6.07 Å². The van der Waals surface area contributed by atoms with Gasteiger partial charge in [0, 0.05) is 0 Å². The normalized spacial score (nSPS) is 11.8. The summed E-state index contributed by atoms with van der Waals surface area (Å²) in [4.78, 5) is 10.3. The summed E-state index contributed by atoms with van der Waals surface area (Å²) in [5.74, 6) is -1.10. The smallest absolute Gasteiger partial charge is 1.00 e. The number of aromatic nitrogens is 2. The van der Waals surface area contributed by atoms with Crippen LogP contribution in [0.4, 0.5) is 0 Å². The summed E-state index contributed by atoms with van der Waals surface area (Å²) in [5, 5.41) is 23.2. The van der Waals surface area contributed by atoms with Crippen LogP contribution in [0.2, 0.25) is 0 Å². The number of carboxylic acid groups (broad SMARTS) is 1. The third kappa shape index (κ3) is 2.60. The molecule has 0 aliphatic rings. The van der Waals surface area contributed by atoms with E-state index in [1.54, 1.807) is 0 Å². The van der Waals surface area contributed by atoms with Crippen LogP contribution in [0.3, 0.4) is 0 Å². The molecule has 12 heavy (non-hydrogen) atoms. The van der Waals surface area contributed by atoms with Crippen molar-refractivity contribution in [2.45, 2.75) is 13.0 Å². The third-order valence-corrected chi connectivity index (χ3v) is 1.27. The van der Waals surface area contributed by atoms with E-state index in [1.807, 2.05) is 0 Å². The monoisotopic (exact) mass is 180 g/mol. The van der Waals surface area contributed by atoms with Crippen LogP contribution in [-0.4, -0.2) is 26.4 Å².